The Morgan fingerprint density at radius 1 is 2.00 bits per heavy atom. The zero-order chi connectivity index (χ0) is 4.41. The maximum absolute atomic E-state index is 3.49. The summed E-state index contributed by atoms with van der Waals surface area (Å²) in [7, 11) is 0. The molecule has 1 saturated heterocycles. The summed E-state index contributed by atoms with van der Waals surface area (Å²) in [6.07, 6.45) is 0. The molecule has 0 aliphatic carbocycles. The van der Waals surface area contributed by atoms with E-state index in [1.807, 2.05) is 0 Å². The van der Waals surface area contributed by atoms with Crippen LogP contribution in [0.5, 0.6) is 0 Å². The number of nitrogens with one attached hydrogen (secondary N) is 1. The zero-order valence-electron chi connectivity index (χ0n) is 3.05. The standard InChI is InChI=1S/C2H5I3N/c3-1-5-4-2-6-5/h6H,1-2H2/q-1. The molecule has 0 aromatic carbocycles. The summed E-state index contributed by atoms with van der Waals surface area (Å²) >= 11 is 2.99. The van der Waals surface area contributed by atoms with Gasteiger partial charge in [0.1, 0.15) is 0 Å². The number of alkyl halides is 3. The minimum atomic E-state index is -0.274. The number of rotatable bonds is 1. The van der Waals surface area contributed by atoms with Crippen LogP contribution in [0.3, 0.4) is 0 Å². The Morgan fingerprint density at radius 2 is 2.67 bits per heavy atom. The Morgan fingerprint density at radius 3 is 2.67 bits per heavy atom. The Labute approximate surface area is 65.2 Å². The first kappa shape index (κ1) is 6.27. The van der Waals surface area contributed by atoms with Crippen molar-refractivity contribution in [2.75, 3.05) is 6.99 Å². The van der Waals surface area contributed by atoms with Crippen LogP contribution in [-0.4, -0.2) is 6.99 Å². The Bertz CT molecular complexity index is 41.3. The topological polar surface area (TPSA) is 12.0 Å². The van der Waals surface area contributed by atoms with Crippen molar-refractivity contribution in [2.24, 2.45) is 0 Å². The van der Waals surface area contributed by atoms with Crippen molar-refractivity contribution in [2.45, 2.75) is 0 Å². The summed E-state index contributed by atoms with van der Waals surface area (Å²) in [5.74, 6) is 0. The molecule has 1 nitrogen and oxygen atoms in total. The minimum absolute atomic E-state index is 0.274. The van der Waals surface area contributed by atoms with Crippen molar-refractivity contribution >= 4 is 38.7 Å². The molecule has 1 N–H and O–H groups in total. The van der Waals surface area contributed by atoms with E-state index >= 15 is 0 Å². The molecule has 6 heavy (non-hydrogen) atoms. The van der Waals surface area contributed by atoms with Crippen LogP contribution in [0.15, 0.2) is 0 Å². The Balaban J connectivity index is 2.01. The molecule has 1 aliphatic heterocycles. The van der Waals surface area contributed by atoms with E-state index in [0.717, 1.165) is 17.2 Å². The van der Waals surface area contributed by atoms with Crippen LogP contribution in [0, 0.1) is 0 Å². The van der Waals surface area contributed by atoms with Crippen LogP contribution in [0.2, 0.25) is 0 Å². The van der Waals surface area contributed by atoms with E-state index < -0.39 is 0 Å². The third-order valence-electron chi connectivity index (χ3n) is 0.457. The first-order valence-corrected chi connectivity index (χ1v) is 13.4. The van der Waals surface area contributed by atoms with Gasteiger partial charge in [0.25, 0.3) is 0 Å². The first-order chi connectivity index (χ1) is 2.93. The van der Waals surface area contributed by atoms with Crippen LogP contribution in [0.25, 0.3) is 0 Å². The Hall–Kier alpha value is 2.15. The molecule has 0 amide bonds. The third kappa shape index (κ3) is 1.58. The van der Waals surface area contributed by atoms with Gasteiger partial charge in [-0.1, -0.05) is 0 Å². The summed E-state index contributed by atoms with van der Waals surface area (Å²) in [5, 5.41) is 0. The normalized spacial score (nSPS) is 27.8. The summed E-state index contributed by atoms with van der Waals surface area (Å²) in [4.78, 5) is 0. The molecule has 0 spiro atoms. The molecule has 40 valence electrons. The SMILES string of the molecule is ICI1NC[I-]1. The van der Waals surface area contributed by atoms with Crippen LogP contribution in [0.4, 0.5) is 0 Å². The summed E-state index contributed by atoms with van der Waals surface area (Å²) in [5.41, 5.74) is 0. The van der Waals surface area contributed by atoms with E-state index in [1.165, 1.54) is 6.99 Å². The average Bonchev–Trinajstić information content (AvgIpc) is 1.31. The molecule has 0 radical (unpaired) electrons. The van der Waals surface area contributed by atoms with Crippen LogP contribution in [-0.2, 0) is 0 Å². The van der Waals surface area contributed by atoms with Gasteiger partial charge in [0.2, 0.25) is 0 Å². The molecule has 0 bridgehead atoms. The molecule has 1 aliphatic rings. The van der Waals surface area contributed by atoms with Gasteiger partial charge in [0.15, 0.2) is 0 Å². The van der Waals surface area contributed by atoms with E-state index in [9.17, 15) is 0 Å². The molecular weight excluding hydrogens is 419 g/mol. The van der Waals surface area contributed by atoms with Crippen LogP contribution < -0.4 is 20.8 Å². The molecule has 0 aromatic rings. The fraction of sp³-hybridized carbons (Fsp3) is 1.00. The first-order valence-electron chi connectivity index (χ1n) is 1.49. The molecular formula is C2H5I3N-. The third-order valence-corrected chi connectivity index (χ3v) is 26.7. The molecule has 1 fully saturated rings. The summed E-state index contributed by atoms with van der Waals surface area (Å²) in [6, 6.07) is 0. The van der Waals surface area contributed by atoms with Crippen molar-refractivity contribution in [1.82, 2.24) is 3.53 Å². The molecule has 1 rings (SSSR count). The van der Waals surface area contributed by atoms with Crippen molar-refractivity contribution in [3.8, 4) is 0 Å². The quantitative estimate of drug-likeness (QED) is 0.231. The zero-order valence-corrected chi connectivity index (χ0v) is 9.52. The average molecular weight is 424 g/mol. The van der Waals surface area contributed by atoms with E-state index in [4.69, 9.17) is 0 Å². The second-order valence-corrected chi connectivity index (χ2v) is 19.5. The van der Waals surface area contributed by atoms with Gasteiger partial charge in [-0.05, 0) is 0 Å². The van der Waals surface area contributed by atoms with Gasteiger partial charge < -0.3 is 0 Å². The Kier molecular flexibility index (Phi) is 3.38. The fourth-order valence-corrected chi connectivity index (χ4v) is 15.2. The second kappa shape index (κ2) is 3.23. The van der Waals surface area contributed by atoms with Gasteiger partial charge in [-0.2, -0.15) is 0 Å². The molecule has 4 heteroatoms. The van der Waals surface area contributed by atoms with Gasteiger partial charge >= 0.3 is 66.5 Å². The predicted molar refractivity (Wildman–Crippen MR) is 40.9 cm³/mol. The maximum atomic E-state index is 3.49. The van der Waals surface area contributed by atoms with Gasteiger partial charge in [-0.25, -0.2) is 0 Å². The summed E-state index contributed by atoms with van der Waals surface area (Å²) < 4.78 is 6.40. The number of hydrogen-bond acceptors (Lipinski definition) is 1. The van der Waals surface area contributed by atoms with E-state index in [0.29, 0.717) is 0 Å². The van der Waals surface area contributed by atoms with Gasteiger partial charge in [0.05, 0.1) is 0 Å². The van der Waals surface area contributed by atoms with Gasteiger partial charge in [0, 0.05) is 0 Å². The molecule has 0 aromatic heterocycles. The van der Waals surface area contributed by atoms with Crippen LogP contribution >= 0.6 is 38.7 Å². The molecule has 0 unspecified atom stereocenters. The molecule has 1 heterocycles. The molecule has 0 atom stereocenters. The van der Waals surface area contributed by atoms with Gasteiger partial charge in [-0.3, -0.25) is 0 Å². The fourth-order valence-electron chi connectivity index (χ4n) is 0.185. The van der Waals surface area contributed by atoms with E-state index in [1.54, 1.807) is 0 Å². The van der Waals surface area contributed by atoms with Crippen molar-refractivity contribution < 1.29 is 17.2 Å². The molecule has 0 saturated carbocycles. The van der Waals surface area contributed by atoms with E-state index in [2.05, 4.69) is 26.1 Å². The number of halogens is 3. The van der Waals surface area contributed by atoms with E-state index in [-0.39, 0.29) is 16.1 Å². The monoisotopic (exact) mass is 424 g/mol. The van der Waals surface area contributed by atoms with Crippen molar-refractivity contribution in [3.05, 3.63) is 0 Å². The second-order valence-electron chi connectivity index (χ2n) is 0.775. The van der Waals surface area contributed by atoms with Crippen molar-refractivity contribution in [3.63, 3.8) is 0 Å². The van der Waals surface area contributed by atoms with Gasteiger partial charge in [-0.15, -0.1) is 0 Å². The summed E-state index contributed by atoms with van der Waals surface area (Å²) in [6.45, 7) is 0. The predicted octanol–water partition coefficient (Wildman–Crippen LogP) is -1.63. The number of hydrogen-bond donors (Lipinski definition) is 1. The van der Waals surface area contributed by atoms with Crippen molar-refractivity contribution in [1.29, 1.82) is 0 Å². The van der Waals surface area contributed by atoms with Crippen LogP contribution in [0.1, 0.15) is 0 Å².